The van der Waals surface area contributed by atoms with Crippen LogP contribution in [-0.4, -0.2) is 17.7 Å². The maximum Gasteiger partial charge on any atom is 0.304 e. The van der Waals surface area contributed by atoms with Gasteiger partial charge in [0.25, 0.3) is 0 Å². The van der Waals surface area contributed by atoms with E-state index in [1.54, 1.807) is 12.1 Å². The lowest BCUT2D eigenvalue weighted by Crippen LogP contribution is -2.08. The van der Waals surface area contributed by atoms with Gasteiger partial charge < -0.3 is 9.84 Å². The second-order valence-corrected chi connectivity index (χ2v) is 5.14. The quantitative estimate of drug-likeness (QED) is 0.863. The van der Waals surface area contributed by atoms with Gasteiger partial charge in [0.05, 0.1) is 13.0 Å². The first-order valence-electron chi connectivity index (χ1n) is 6.80. The summed E-state index contributed by atoms with van der Waals surface area (Å²) < 4.78 is 5.41. The molecule has 4 heteroatoms. The zero-order valence-corrected chi connectivity index (χ0v) is 12.5. The van der Waals surface area contributed by atoms with Gasteiger partial charge in [0.15, 0.2) is 0 Å². The zero-order chi connectivity index (χ0) is 15.2. The Labute approximate surface area is 129 Å². The predicted molar refractivity (Wildman–Crippen MR) is 83.2 cm³/mol. The van der Waals surface area contributed by atoms with Gasteiger partial charge in [-0.15, -0.1) is 0 Å². The van der Waals surface area contributed by atoms with Crippen molar-refractivity contribution in [1.82, 2.24) is 0 Å². The number of hydrogen-bond donors (Lipinski definition) is 1. The van der Waals surface area contributed by atoms with Crippen LogP contribution in [0.4, 0.5) is 0 Å². The SMILES string of the molecule is CCOc1ccc([C@@H](CC(=O)O)c2ccc(Cl)cc2)cc1. The molecule has 2 aromatic carbocycles. The first-order valence-corrected chi connectivity index (χ1v) is 7.18. The molecule has 1 atom stereocenters. The maximum absolute atomic E-state index is 11.1. The van der Waals surface area contributed by atoms with E-state index in [9.17, 15) is 4.79 Å². The van der Waals surface area contributed by atoms with Crippen LogP contribution >= 0.6 is 11.6 Å². The third-order valence-corrected chi connectivity index (χ3v) is 3.50. The van der Waals surface area contributed by atoms with E-state index in [-0.39, 0.29) is 12.3 Å². The summed E-state index contributed by atoms with van der Waals surface area (Å²) in [6.45, 7) is 2.53. The van der Waals surface area contributed by atoms with Gasteiger partial charge in [0.1, 0.15) is 5.75 Å². The van der Waals surface area contributed by atoms with Crippen LogP contribution in [0.5, 0.6) is 5.75 Å². The van der Waals surface area contributed by atoms with E-state index in [2.05, 4.69) is 0 Å². The van der Waals surface area contributed by atoms with Crippen LogP contribution in [0, 0.1) is 0 Å². The summed E-state index contributed by atoms with van der Waals surface area (Å²) in [7, 11) is 0. The minimum Gasteiger partial charge on any atom is -0.494 e. The van der Waals surface area contributed by atoms with Crippen LogP contribution in [0.25, 0.3) is 0 Å². The molecule has 2 aromatic rings. The maximum atomic E-state index is 11.1. The third-order valence-electron chi connectivity index (χ3n) is 3.24. The highest BCUT2D eigenvalue weighted by molar-refractivity contribution is 6.30. The molecule has 0 aliphatic carbocycles. The standard InChI is InChI=1S/C17H17ClO3/c1-2-21-15-9-5-13(6-10-15)16(11-17(19)20)12-3-7-14(18)8-4-12/h3-10,16H,2,11H2,1H3,(H,19,20)/t16-/m0/s1. The summed E-state index contributed by atoms with van der Waals surface area (Å²) in [5.74, 6) is -0.245. The first-order chi connectivity index (χ1) is 10.1. The van der Waals surface area contributed by atoms with Gasteiger partial charge in [-0.05, 0) is 42.3 Å². The van der Waals surface area contributed by atoms with Gasteiger partial charge in [-0.25, -0.2) is 0 Å². The van der Waals surface area contributed by atoms with Crippen LogP contribution in [-0.2, 0) is 4.79 Å². The highest BCUT2D eigenvalue weighted by Crippen LogP contribution is 2.30. The summed E-state index contributed by atoms with van der Waals surface area (Å²) in [4.78, 5) is 11.1. The Kier molecular flexibility index (Phi) is 5.23. The molecule has 0 aromatic heterocycles. The molecule has 110 valence electrons. The van der Waals surface area contributed by atoms with E-state index in [1.807, 2.05) is 43.3 Å². The number of halogens is 1. The Morgan fingerprint density at radius 3 is 2.10 bits per heavy atom. The van der Waals surface area contributed by atoms with E-state index in [0.29, 0.717) is 11.6 Å². The second kappa shape index (κ2) is 7.14. The molecule has 0 radical (unpaired) electrons. The molecule has 0 heterocycles. The lowest BCUT2D eigenvalue weighted by atomic mass is 9.88. The minimum absolute atomic E-state index is 0.0373. The second-order valence-electron chi connectivity index (χ2n) is 4.70. The molecule has 0 fully saturated rings. The van der Waals surface area contributed by atoms with E-state index >= 15 is 0 Å². The number of carbonyl (C=O) groups is 1. The highest BCUT2D eigenvalue weighted by Gasteiger charge is 2.18. The van der Waals surface area contributed by atoms with Crippen LogP contribution in [0.3, 0.4) is 0 Å². The van der Waals surface area contributed by atoms with E-state index < -0.39 is 5.97 Å². The molecule has 0 saturated heterocycles. The van der Waals surface area contributed by atoms with Crippen molar-refractivity contribution in [3.63, 3.8) is 0 Å². The summed E-state index contributed by atoms with van der Waals surface area (Å²) in [5.41, 5.74) is 1.88. The number of rotatable bonds is 6. The average Bonchev–Trinajstić information content (AvgIpc) is 2.47. The van der Waals surface area contributed by atoms with Gasteiger partial charge in [-0.2, -0.15) is 0 Å². The molecular weight excluding hydrogens is 288 g/mol. The number of hydrogen-bond acceptors (Lipinski definition) is 2. The van der Waals surface area contributed by atoms with Gasteiger partial charge >= 0.3 is 5.97 Å². The van der Waals surface area contributed by atoms with Crippen molar-refractivity contribution in [2.24, 2.45) is 0 Å². The van der Waals surface area contributed by atoms with Crippen LogP contribution in [0.1, 0.15) is 30.4 Å². The molecule has 21 heavy (non-hydrogen) atoms. The first kappa shape index (κ1) is 15.4. The Morgan fingerprint density at radius 1 is 1.10 bits per heavy atom. The average molecular weight is 305 g/mol. The minimum atomic E-state index is -0.830. The molecule has 0 spiro atoms. The van der Waals surface area contributed by atoms with Gasteiger partial charge in [-0.1, -0.05) is 35.9 Å². The van der Waals surface area contributed by atoms with Crippen molar-refractivity contribution in [2.75, 3.05) is 6.61 Å². The van der Waals surface area contributed by atoms with Crippen molar-refractivity contribution < 1.29 is 14.6 Å². The smallest absolute Gasteiger partial charge is 0.304 e. The summed E-state index contributed by atoms with van der Waals surface area (Å²) in [5, 5.41) is 9.79. The predicted octanol–water partition coefficient (Wildman–Crippen LogP) is 4.35. The molecular formula is C17H17ClO3. The topological polar surface area (TPSA) is 46.5 Å². The van der Waals surface area contributed by atoms with Gasteiger partial charge in [0, 0.05) is 10.9 Å². The molecule has 0 aliphatic rings. The molecule has 0 bridgehead atoms. The van der Waals surface area contributed by atoms with Gasteiger partial charge in [0.2, 0.25) is 0 Å². The lowest BCUT2D eigenvalue weighted by molar-refractivity contribution is -0.137. The number of carboxylic acids is 1. The van der Waals surface area contributed by atoms with E-state index in [4.69, 9.17) is 21.4 Å². The largest absolute Gasteiger partial charge is 0.494 e. The summed E-state index contributed by atoms with van der Waals surface area (Å²) in [6, 6.07) is 14.8. The number of carboxylic acid groups (broad SMARTS) is 1. The van der Waals surface area contributed by atoms with Crippen LogP contribution in [0.2, 0.25) is 5.02 Å². The van der Waals surface area contributed by atoms with Crippen molar-refractivity contribution in [3.8, 4) is 5.75 Å². The molecule has 1 N–H and O–H groups in total. The summed E-state index contributed by atoms with van der Waals surface area (Å²) in [6.07, 6.45) is 0.0373. The number of aliphatic carboxylic acids is 1. The molecule has 2 rings (SSSR count). The fourth-order valence-corrected chi connectivity index (χ4v) is 2.39. The van der Waals surface area contributed by atoms with Crippen molar-refractivity contribution in [2.45, 2.75) is 19.3 Å². The Morgan fingerprint density at radius 2 is 1.62 bits per heavy atom. The molecule has 0 saturated carbocycles. The fraction of sp³-hybridized carbons (Fsp3) is 0.235. The van der Waals surface area contributed by atoms with Crippen molar-refractivity contribution in [1.29, 1.82) is 0 Å². The molecule has 3 nitrogen and oxygen atoms in total. The molecule has 0 unspecified atom stereocenters. The van der Waals surface area contributed by atoms with Crippen LogP contribution < -0.4 is 4.74 Å². The molecule has 0 aliphatic heterocycles. The van der Waals surface area contributed by atoms with Crippen molar-refractivity contribution in [3.05, 3.63) is 64.7 Å². The normalized spacial score (nSPS) is 11.9. The van der Waals surface area contributed by atoms with Crippen molar-refractivity contribution >= 4 is 17.6 Å². The van der Waals surface area contributed by atoms with E-state index in [1.165, 1.54) is 0 Å². The Balaban J connectivity index is 2.30. The van der Waals surface area contributed by atoms with E-state index in [0.717, 1.165) is 16.9 Å². The lowest BCUT2D eigenvalue weighted by Gasteiger charge is -2.16. The number of benzene rings is 2. The van der Waals surface area contributed by atoms with Gasteiger partial charge in [-0.3, -0.25) is 4.79 Å². The zero-order valence-electron chi connectivity index (χ0n) is 11.8. The fourth-order valence-electron chi connectivity index (χ4n) is 2.26. The molecule has 0 amide bonds. The third kappa shape index (κ3) is 4.23. The number of ether oxygens (including phenoxy) is 1. The monoisotopic (exact) mass is 304 g/mol. The highest BCUT2D eigenvalue weighted by atomic mass is 35.5. The summed E-state index contributed by atoms with van der Waals surface area (Å²) >= 11 is 5.89. The Bertz CT molecular complexity index is 590. The van der Waals surface area contributed by atoms with Crippen LogP contribution in [0.15, 0.2) is 48.5 Å². The Hall–Kier alpha value is -2.00.